The van der Waals surface area contributed by atoms with E-state index >= 15 is 0 Å². The van der Waals surface area contributed by atoms with E-state index < -0.39 is 11.7 Å². The summed E-state index contributed by atoms with van der Waals surface area (Å²) < 4.78 is 7.48. The number of aromatic nitrogens is 2. The van der Waals surface area contributed by atoms with Crippen LogP contribution in [-0.2, 0) is 11.3 Å². The molecule has 0 radical (unpaired) electrons. The molecular formula is C17H25N3O3. The zero-order valence-corrected chi connectivity index (χ0v) is 14.2. The van der Waals surface area contributed by atoms with Crippen LogP contribution in [-0.4, -0.2) is 39.5 Å². The Balaban J connectivity index is 2.44. The number of amides is 1. The Hall–Kier alpha value is -2.08. The van der Waals surface area contributed by atoms with Crippen molar-refractivity contribution in [2.45, 2.75) is 46.3 Å². The number of rotatable bonds is 5. The lowest BCUT2D eigenvalue weighted by molar-refractivity contribution is 0.0575. The maximum Gasteiger partial charge on any atom is 0.417 e. The SMILES string of the molecule is CCn1c(N(CCCO)C(=O)OC(C)(C)C)nc2ccccc21. The summed E-state index contributed by atoms with van der Waals surface area (Å²) in [5.41, 5.74) is 1.22. The molecule has 2 rings (SSSR count). The summed E-state index contributed by atoms with van der Waals surface area (Å²) in [7, 11) is 0. The van der Waals surface area contributed by atoms with Crippen LogP contribution >= 0.6 is 0 Å². The Morgan fingerprint density at radius 3 is 2.65 bits per heavy atom. The predicted molar refractivity (Wildman–Crippen MR) is 90.7 cm³/mol. The number of para-hydroxylation sites is 2. The molecule has 0 aliphatic heterocycles. The molecule has 6 heteroatoms. The van der Waals surface area contributed by atoms with Gasteiger partial charge < -0.3 is 14.4 Å². The van der Waals surface area contributed by atoms with E-state index in [2.05, 4.69) is 4.98 Å². The van der Waals surface area contributed by atoms with Crippen LogP contribution in [0.5, 0.6) is 0 Å². The minimum atomic E-state index is -0.586. The van der Waals surface area contributed by atoms with E-state index in [1.807, 2.05) is 56.5 Å². The highest BCUT2D eigenvalue weighted by Crippen LogP contribution is 2.24. The molecule has 1 N–H and O–H groups in total. The third-order valence-electron chi connectivity index (χ3n) is 3.35. The van der Waals surface area contributed by atoms with Gasteiger partial charge in [-0.1, -0.05) is 12.1 Å². The van der Waals surface area contributed by atoms with Crippen molar-refractivity contribution in [3.63, 3.8) is 0 Å². The van der Waals surface area contributed by atoms with Gasteiger partial charge in [0, 0.05) is 19.7 Å². The van der Waals surface area contributed by atoms with Crippen molar-refractivity contribution in [3.05, 3.63) is 24.3 Å². The van der Waals surface area contributed by atoms with Gasteiger partial charge in [-0.15, -0.1) is 0 Å². The fourth-order valence-electron chi connectivity index (χ4n) is 2.40. The molecule has 0 atom stereocenters. The summed E-state index contributed by atoms with van der Waals surface area (Å²) in [6.07, 6.45) is 0.0163. The Kier molecular flexibility index (Phi) is 5.26. The van der Waals surface area contributed by atoms with Gasteiger partial charge in [0.05, 0.1) is 11.0 Å². The average molecular weight is 319 g/mol. The quantitative estimate of drug-likeness (QED) is 0.919. The first-order chi connectivity index (χ1) is 10.9. The van der Waals surface area contributed by atoms with Gasteiger partial charge in [0.1, 0.15) is 5.60 Å². The van der Waals surface area contributed by atoms with Gasteiger partial charge in [-0.3, -0.25) is 0 Å². The number of hydrogen-bond donors (Lipinski definition) is 1. The van der Waals surface area contributed by atoms with Crippen molar-refractivity contribution in [2.24, 2.45) is 0 Å². The minimum absolute atomic E-state index is 0.00561. The van der Waals surface area contributed by atoms with E-state index in [0.29, 0.717) is 25.5 Å². The number of aryl methyl sites for hydroxylation is 1. The van der Waals surface area contributed by atoms with Gasteiger partial charge in [0.15, 0.2) is 0 Å². The molecule has 0 aliphatic carbocycles. The molecule has 0 unspecified atom stereocenters. The third kappa shape index (κ3) is 4.01. The Morgan fingerprint density at radius 1 is 1.35 bits per heavy atom. The molecule has 6 nitrogen and oxygen atoms in total. The van der Waals surface area contributed by atoms with Crippen molar-refractivity contribution in [3.8, 4) is 0 Å². The van der Waals surface area contributed by atoms with Crippen LogP contribution in [0.4, 0.5) is 10.7 Å². The number of nitrogens with zero attached hydrogens (tertiary/aromatic N) is 3. The number of benzene rings is 1. The molecule has 1 aromatic carbocycles. The molecule has 0 saturated heterocycles. The first-order valence-corrected chi connectivity index (χ1v) is 7.94. The Morgan fingerprint density at radius 2 is 2.04 bits per heavy atom. The fraction of sp³-hybridized carbons (Fsp3) is 0.529. The molecule has 126 valence electrons. The highest BCUT2D eigenvalue weighted by atomic mass is 16.6. The van der Waals surface area contributed by atoms with E-state index in [0.717, 1.165) is 11.0 Å². The average Bonchev–Trinajstić information content (AvgIpc) is 2.84. The largest absolute Gasteiger partial charge is 0.443 e. The Bertz CT molecular complexity index is 673. The number of aliphatic hydroxyl groups excluding tert-OH is 1. The van der Waals surface area contributed by atoms with E-state index in [4.69, 9.17) is 9.84 Å². The predicted octanol–water partition coefficient (Wildman–Crippen LogP) is 3.18. The smallest absolute Gasteiger partial charge is 0.417 e. The first-order valence-electron chi connectivity index (χ1n) is 7.94. The van der Waals surface area contributed by atoms with Crippen LogP contribution < -0.4 is 4.90 Å². The van der Waals surface area contributed by atoms with Crippen molar-refractivity contribution < 1.29 is 14.6 Å². The van der Waals surface area contributed by atoms with Crippen molar-refractivity contribution >= 4 is 23.1 Å². The normalized spacial score (nSPS) is 11.7. The second kappa shape index (κ2) is 7.00. The second-order valence-electron chi connectivity index (χ2n) is 6.35. The molecule has 0 bridgehead atoms. The molecular weight excluding hydrogens is 294 g/mol. The third-order valence-corrected chi connectivity index (χ3v) is 3.35. The van der Waals surface area contributed by atoms with Crippen LogP contribution in [0.2, 0.25) is 0 Å². The summed E-state index contributed by atoms with van der Waals surface area (Å²) in [4.78, 5) is 18.7. The highest BCUT2D eigenvalue weighted by Gasteiger charge is 2.27. The number of aliphatic hydroxyl groups is 1. The second-order valence-corrected chi connectivity index (χ2v) is 6.35. The monoisotopic (exact) mass is 319 g/mol. The zero-order chi connectivity index (χ0) is 17.0. The Labute approximate surface area is 136 Å². The summed E-state index contributed by atoms with van der Waals surface area (Å²) in [6, 6.07) is 7.77. The van der Waals surface area contributed by atoms with Gasteiger partial charge >= 0.3 is 6.09 Å². The lowest BCUT2D eigenvalue weighted by atomic mass is 10.2. The fourth-order valence-corrected chi connectivity index (χ4v) is 2.40. The van der Waals surface area contributed by atoms with E-state index in [1.165, 1.54) is 4.90 Å². The minimum Gasteiger partial charge on any atom is -0.443 e. The van der Waals surface area contributed by atoms with E-state index in [9.17, 15) is 4.79 Å². The van der Waals surface area contributed by atoms with Crippen LogP contribution in [0.25, 0.3) is 11.0 Å². The number of carbonyl (C=O) groups is 1. The molecule has 0 spiro atoms. The standard InChI is InChI=1S/C17H25N3O3/c1-5-19-14-10-7-6-9-13(14)18-15(19)20(11-8-12-21)16(22)23-17(2,3)4/h6-7,9-10,21H,5,8,11-12H2,1-4H3. The summed E-state index contributed by atoms with van der Waals surface area (Å²) >= 11 is 0. The maximum atomic E-state index is 12.6. The van der Waals surface area contributed by atoms with Gasteiger partial charge in [-0.05, 0) is 46.2 Å². The molecule has 0 fully saturated rings. The summed E-state index contributed by atoms with van der Waals surface area (Å²) in [6.45, 7) is 8.55. The first kappa shape index (κ1) is 17.3. The van der Waals surface area contributed by atoms with Gasteiger partial charge in [-0.25, -0.2) is 14.7 Å². The number of anilines is 1. The van der Waals surface area contributed by atoms with Crippen LogP contribution in [0.1, 0.15) is 34.1 Å². The molecule has 1 aromatic heterocycles. The number of hydrogen-bond acceptors (Lipinski definition) is 4. The molecule has 0 saturated carbocycles. The number of carbonyl (C=O) groups excluding carboxylic acids is 1. The van der Waals surface area contributed by atoms with E-state index in [1.54, 1.807) is 0 Å². The van der Waals surface area contributed by atoms with E-state index in [-0.39, 0.29) is 6.61 Å². The lowest BCUT2D eigenvalue weighted by Gasteiger charge is -2.27. The lowest BCUT2D eigenvalue weighted by Crippen LogP contribution is -2.39. The van der Waals surface area contributed by atoms with Crippen LogP contribution in [0.15, 0.2) is 24.3 Å². The molecule has 1 heterocycles. The maximum absolute atomic E-state index is 12.6. The van der Waals surface area contributed by atoms with Crippen molar-refractivity contribution in [1.82, 2.24) is 9.55 Å². The van der Waals surface area contributed by atoms with Crippen molar-refractivity contribution in [2.75, 3.05) is 18.1 Å². The highest BCUT2D eigenvalue weighted by molar-refractivity contribution is 5.89. The van der Waals surface area contributed by atoms with Crippen molar-refractivity contribution in [1.29, 1.82) is 0 Å². The molecule has 0 aliphatic rings. The van der Waals surface area contributed by atoms with Gasteiger partial charge in [0.2, 0.25) is 5.95 Å². The summed E-state index contributed by atoms with van der Waals surface area (Å²) in [5, 5.41) is 9.14. The molecule has 2 aromatic rings. The zero-order valence-electron chi connectivity index (χ0n) is 14.2. The van der Waals surface area contributed by atoms with Gasteiger partial charge in [-0.2, -0.15) is 0 Å². The number of ether oxygens (including phenoxy) is 1. The summed E-state index contributed by atoms with van der Waals surface area (Å²) in [5.74, 6) is 0.552. The molecule has 23 heavy (non-hydrogen) atoms. The van der Waals surface area contributed by atoms with Crippen LogP contribution in [0, 0.1) is 0 Å². The topological polar surface area (TPSA) is 67.6 Å². The number of fused-ring (bicyclic) bond motifs is 1. The van der Waals surface area contributed by atoms with Crippen LogP contribution in [0.3, 0.4) is 0 Å². The molecule has 1 amide bonds. The van der Waals surface area contributed by atoms with Gasteiger partial charge in [0.25, 0.3) is 0 Å². The number of imidazole rings is 1.